The predicted molar refractivity (Wildman–Crippen MR) is 452 cm³/mol. The van der Waals surface area contributed by atoms with Crippen LogP contribution in [0.4, 0.5) is 0 Å². The number of nitrogens with zero attached hydrogens (tertiary/aromatic N) is 5. The maximum atomic E-state index is 11.6. The topological polar surface area (TPSA) is 169 Å². The number of rotatable bonds is 8. The van der Waals surface area contributed by atoms with Crippen molar-refractivity contribution in [2.45, 2.75) is 414 Å². The molecule has 0 aromatic rings. The molecule has 14 nitrogen and oxygen atoms in total. The molecule has 6 heterocycles. The number of aliphatic imine (C=N–C) groups is 1. The molecule has 16 heteroatoms. The van der Waals surface area contributed by atoms with Crippen LogP contribution >= 0.6 is 24.0 Å². The number of hydrogen-bond donors (Lipinski definition) is 2. The quantitative estimate of drug-likeness (QED) is 0.102. The van der Waals surface area contributed by atoms with E-state index in [4.69, 9.17) is 0 Å². The number of Topliss-reactive ketones (excluding diaryl/α,β-unsaturated/α-hetero) is 7. The molecule has 0 aliphatic carbocycles. The number of carbonyl (C=O) groups excluding carboxylic acids is 7. The van der Waals surface area contributed by atoms with E-state index in [0.29, 0.717) is 53.9 Å². The Morgan fingerprint density at radius 2 is 0.800 bits per heavy atom. The number of nitrogens with one attached hydrogen (secondary N) is 2. The third-order valence-corrected chi connectivity index (χ3v) is 22.4. The van der Waals surface area contributed by atoms with E-state index in [1.165, 1.54) is 18.4 Å². The minimum atomic E-state index is -0.289. The molecular weight excluding hydrogens is 1430 g/mol. The number of likely N-dealkylation sites (N-methyl/N-ethyl adjacent to an activating group) is 4. The van der Waals surface area contributed by atoms with E-state index in [2.05, 4.69) is 194 Å². The summed E-state index contributed by atoms with van der Waals surface area (Å²) in [6, 6.07) is 2.66. The molecule has 0 aromatic carbocycles. The molecule has 599 valence electrons. The third kappa shape index (κ3) is 36.8. The van der Waals surface area contributed by atoms with Gasteiger partial charge in [0.1, 0.15) is 40.7 Å². The molecule has 6 fully saturated rings. The van der Waals surface area contributed by atoms with Gasteiger partial charge in [-0.2, -0.15) is 13.3 Å². The number of ketones is 7. The molecular formula is C84H175IN7O7Y-. The fourth-order valence-corrected chi connectivity index (χ4v) is 13.2. The van der Waals surface area contributed by atoms with Gasteiger partial charge in [-0.1, -0.05) is 145 Å². The molecule has 0 saturated carbocycles. The molecule has 0 amide bonds. The number of hydrogen-bond acceptors (Lipinski definition) is 14. The first-order chi connectivity index (χ1) is 42.3. The van der Waals surface area contributed by atoms with Crippen molar-refractivity contribution >= 4 is 70.7 Å². The zero-order valence-corrected chi connectivity index (χ0v) is 76.3. The number of allylic oxidation sites excluding steroid dienone is 2. The Bertz CT molecular complexity index is 2270. The van der Waals surface area contributed by atoms with Crippen molar-refractivity contribution in [1.82, 2.24) is 30.2 Å². The molecule has 0 aromatic heterocycles. The van der Waals surface area contributed by atoms with Crippen LogP contribution in [0.3, 0.4) is 0 Å². The van der Waals surface area contributed by atoms with Gasteiger partial charge in [0.05, 0.1) is 27.7 Å². The standard InChI is InChI=1S/2C11H21NO.2C10H19NO.C10H18NO.C9H17NO.C6H11NO.C4H8.C3H6.3C2H6.4CH4.HI.Y/c2*1-8-10(3,4)7-11(5,9(2)13)12(8)6;1-7-9(3,4)6-10(5,11-7)8(2)12;2*1-7-6-10(4,9(3)12)11(5)8(7)2;1-6-5-9(4,8(3)11)10-7(6)2;1-4-7-5(2)6(3)8;1-4(2)3;1-3-2;3*1-2;;;;;;/h2*8H,7H2,1-6H3;7,11H,6H2,1-5H3;7-8H,6H2,1-5H3;8H,6H2,1-5H3;6-7,10H,5H2,1-4H3;4-5H,1-3H3;1H2,2-3H3;3H,1H2,2H3;3*1-2H3;4*1H4;1H;/q;;;;-1;;;;;;;;;;;;;. The number of carbonyl (C=O) groups is 7. The fourth-order valence-electron chi connectivity index (χ4n) is 13.2. The zero-order valence-electron chi connectivity index (χ0n) is 71.1. The molecule has 6 rings (SSSR count). The Balaban J connectivity index is -0.0000000871. The third-order valence-electron chi connectivity index (χ3n) is 22.4. The second-order valence-corrected chi connectivity index (χ2v) is 31.3. The summed E-state index contributed by atoms with van der Waals surface area (Å²) in [6.07, 6.45) is 9.16. The van der Waals surface area contributed by atoms with E-state index < -0.39 is 0 Å². The van der Waals surface area contributed by atoms with E-state index in [9.17, 15) is 33.6 Å². The van der Waals surface area contributed by atoms with Gasteiger partial charge in [-0.05, 0) is 254 Å². The van der Waals surface area contributed by atoms with Crippen molar-refractivity contribution in [3.05, 3.63) is 30.7 Å². The molecule has 1 radical (unpaired) electrons. The summed E-state index contributed by atoms with van der Waals surface area (Å²) in [6.45, 7) is 85.1. The first kappa shape index (κ1) is 125. The normalized spacial score (nSPS) is 31.5. The van der Waals surface area contributed by atoms with Gasteiger partial charge in [-0.3, -0.25) is 59.2 Å². The minimum Gasteiger partial charge on any atom is -0.323 e. The van der Waals surface area contributed by atoms with Gasteiger partial charge in [-0.15, -0.1) is 43.2 Å². The zero-order chi connectivity index (χ0) is 77.0. The van der Waals surface area contributed by atoms with Gasteiger partial charge in [0.15, 0.2) is 5.78 Å². The SMILES string of the molecule is C.C.C.C.C=C(C)C.C=CC.CC.CC.CC.CC(=O)C1(C)CC(C)(C)C(C)N1.CC(=O)C1(C)CC(C)(C)C(C)N1C.CC(=O)C1(C)CC(C)(C)C(C)N1C.CC(=O)C1(C)CC(C)C(C)N1.CC(=O)C1(C)CC(C)C(C)N1C.CC(=O)C1(C)C[C-](C)C(C)N1C.CC=NC(C)C(C)=O.I.[Y]. The Morgan fingerprint density at radius 3 is 0.910 bits per heavy atom. The Morgan fingerprint density at radius 1 is 0.490 bits per heavy atom. The van der Waals surface area contributed by atoms with Gasteiger partial charge in [-0.25, -0.2) is 0 Å². The first-order valence-corrected chi connectivity index (χ1v) is 35.8. The van der Waals surface area contributed by atoms with Crippen molar-refractivity contribution in [1.29, 1.82) is 0 Å². The maximum absolute atomic E-state index is 11.6. The van der Waals surface area contributed by atoms with Crippen molar-refractivity contribution in [3.63, 3.8) is 0 Å². The smallest absolute Gasteiger partial charge is 0.153 e. The van der Waals surface area contributed by atoms with Crippen LogP contribution in [0.25, 0.3) is 0 Å². The van der Waals surface area contributed by atoms with E-state index >= 15 is 0 Å². The van der Waals surface area contributed by atoms with Crippen molar-refractivity contribution < 1.29 is 66.3 Å². The van der Waals surface area contributed by atoms with E-state index in [0.717, 1.165) is 38.5 Å². The van der Waals surface area contributed by atoms with Gasteiger partial charge < -0.3 is 15.5 Å². The largest absolute Gasteiger partial charge is 0.323 e. The van der Waals surface area contributed by atoms with Crippen LogP contribution in [0.2, 0.25) is 0 Å². The van der Waals surface area contributed by atoms with Crippen LogP contribution in [0.5, 0.6) is 0 Å². The summed E-state index contributed by atoms with van der Waals surface area (Å²) in [5.41, 5.74) is 0.403. The first-order valence-electron chi connectivity index (χ1n) is 35.8. The average molecular weight is 1610 g/mol. The van der Waals surface area contributed by atoms with Gasteiger partial charge in [0.25, 0.3) is 0 Å². The predicted octanol–water partition coefficient (Wildman–Crippen LogP) is 20.7. The van der Waals surface area contributed by atoms with Crippen LogP contribution in [-0.4, -0.2) is 170 Å². The summed E-state index contributed by atoms with van der Waals surface area (Å²) >= 11 is 0. The van der Waals surface area contributed by atoms with E-state index in [1.54, 1.807) is 67.7 Å². The van der Waals surface area contributed by atoms with E-state index in [-0.39, 0.29) is 177 Å². The summed E-state index contributed by atoms with van der Waals surface area (Å²) in [5.74, 6) is 4.41. The molecule has 15 unspecified atom stereocenters. The van der Waals surface area contributed by atoms with Crippen LogP contribution in [0.1, 0.15) is 338 Å². The molecule has 6 saturated heterocycles. The van der Waals surface area contributed by atoms with Crippen molar-refractivity contribution in [3.8, 4) is 0 Å². The summed E-state index contributed by atoms with van der Waals surface area (Å²) in [4.78, 5) is 91.6. The fraction of sp³-hybridized carbons (Fsp3) is 0.845. The van der Waals surface area contributed by atoms with Crippen molar-refractivity contribution in [2.75, 3.05) is 28.2 Å². The minimum absolute atomic E-state index is 0. The van der Waals surface area contributed by atoms with Gasteiger partial charge in [0.2, 0.25) is 0 Å². The Kier molecular flexibility index (Phi) is 67.7. The molecule has 15 atom stereocenters. The molecule has 6 aliphatic heterocycles. The Hall–Kier alpha value is -1.57. The number of likely N-dealkylation sites (tertiary alicyclic amines) is 4. The van der Waals surface area contributed by atoms with Crippen LogP contribution in [0.15, 0.2) is 29.8 Å². The number of halogens is 1. The maximum Gasteiger partial charge on any atom is 0.153 e. The molecule has 0 spiro atoms. The summed E-state index contributed by atoms with van der Waals surface area (Å²) in [5, 5.41) is 6.70. The van der Waals surface area contributed by atoms with Crippen LogP contribution in [0, 0.1) is 34.0 Å². The monoisotopic (exact) mass is 1610 g/mol. The Labute approximate surface area is 667 Å². The molecule has 0 bridgehead atoms. The second-order valence-electron chi connectivity index (χ2n) is 31.3. The second kappa shape index (κ2) is 54.1. The van der Waals surface area contributed by atoms with Gasteiger partial charge >= 0.3 is 0 Å². The molecule has 100 heavy (non-hydrogen) atoms. The average Bonchev–Trinajstić information content (AvgIpc) is 1.63. The summed E-state index contributed by atoms with van der Waals surface area (Å²) < 4.78 is 0. The summed E-state index contributed by atoms with van der Waals surface area (Å²) in [7, 11) is 8.19. The van der Waals surface area contributed by atoms with E-state index in [1.807, 2.05) is 90.1 Å². The van der Waals surface area contributed by atoms with Crippen LogP contribution < -0.4 is 10.6 Å². The van der Waals surface area contributed by atoms with Crippen LogP contribution in [-0.2, 0) is 66.3 Å². The molecule has 2 N–H and O–H groups in total. The van der Waals surface area contributed by atoms with Crippen molar-refractivity contribution in [2.24, 2.45) is 33.1 Å². The van der Waals surface area contributed by atoms with Gasteiger partial charge in [0, 0.05) is 68.5 Å². The molecule has 6 aliphatic rings.